The van der Waals surface area contributed by atoms with E-state index in [0.717, 1.165) is 0 Å². The number of rotatable bonds is 16. The predicted octanol–water partition coefficient (Wildman–Crippen LogP) is -3.80. The van der Waals surface area contributed by atoms with Crippen molar-refractivity contribution in [3.63, 3.8) is 0 Å². The Balaban J connectivity index is 6.67. The molecule has 0 saturated carbocycles. The molecule has 0 N–H and O–H groups in total. The van der Waals surface area contributed by atoms with Gasteiger partial charge in [0.1, 0.15) is 0 Å². The molecule has 0 fully saturated rings. The van der Waals surface area contributed by atoms with Gasteiger partial charge >= 0.3 is 8.56 Å². The van der Waals surface area contributed by atoms with E-state index in [1.807, 2.05) is 67.3 Å². The first-order chi connectivity index (χ1) is 15.7. The van der Waals surface area contributed by atoms with Gasteiger partial charge in [0.05, 0.1) is 14.3 Å². The molecule has 24 radical (unpaired) electrons. The van der Waals surface area contributed by atoms with Gasteiger partial charge in [0.25, 0.3) is 0 Å². The van der Waals surface area contributed by atoms with Crippen LogP contribution in [0, 0.1) is 0 Å². The summed E-state index contributed by atoms with van der Waals surface area (Å²) in [6.07, 6.45) is 0. The van der Waals surface area contributed by atoms with Crippen LogP contribution in [-0.4, -0.2) is 170 Å². The topological polar surface area (TPSA) is 18.5 Å². The van der Waals surface area contributed by atoms with Crippen LogP contribution in [-0.2, 0) is 8.23 Å². The first-order valence-corrected chi connectivity index (χ1v) is 20.5. The van der Waals surface area contributed by atoms with Crippen LogP contribution in [0.25, 0.3) is 0 Å². The maximum absolute atomic E-state index is 6.90. The molecule has 0 bridgehead atoms. The van der Waals surface area contributed by atoms with Gasteiger partial charge in [-0.3, -0.25) is 0 Å². The summed E-state index contributed by atoms with van der Waals surface area (Å²) in [5, 5.41) is 0. The van der Waals surface area contributed by atoms with Crippen molar-refractivity contribution in [2.24, 2.45) is 0 Å². The Labute approximate surface area is 239 Å². The average molecular weight is 477 g/mol. The van der Waals surface area contributed by atoms with Crippen LogP contribution in [0.2, 0.25) is 62.4 Å². The second-order valence-electron chi connectivity index (χ2n) is 10.7. The molecule has 0 aliphatic carbocycles. The van der Waals surface area contributed by atoms with Gasteiger partial charge in [-0.1, -0.05) is 0 Å². The van der Waals surface area contributed by atoms with Crippen molar-refractivity contribution in [3.05, 3.63) is 0 Å². The van der Waals surface area contributed by atoms with Crippen LogP contribution in [0.4, 0.5) is 0 Å². The minimum absolute atomic E-state index is 0.575. The zero-order chi connectivity index (χ0) is 28.2. The van der Waals surface area contributed by atoms with Gasteiger partial charge in [-0.15, -0.1) is 23.1 Å². The van der Waals surface area contributed by atoms with Crippen LogP contribution >= 0.6 is 0 Å². The van der Waals surface area contributed by atoms with Crippen molar-refractivity contribution in [2.75, 3.05) is 0 Å². The molecule has 2 atom stereocenters. The summed E-state index contributed by atoms with van der Waals surface area (Å²) < 4.78 is 11.7. The highest BCUT2D eigenvalue weighted by Gasteiger charge is 2.60. The van der Waals surface area contributed by atoms with Gasteiger partial charge < -0.3 is 8.23 Å². The molecule has 148 valence electrons. The zero-order valence-electron chi connectivity index (χ0n) is 22.9. The lowest BCUT2D eigenvalue weighted by atomic mass is 8.79. The molecule has 0 aromatic rings. The first kappa shape index (κ1) is 36.9. The van der Waals surface area contributed by atoms with Crippen LogP contribution in [0.1, 0.15) is 0 Å². The van der Waals surface area contributed by atoms with Crippen molar-refractivity contribution >= 4 is 170 Å². The van der Waals surface area contributed by atoms with Gasteiger partial charge in [-0.25, -0.2) is 0 Å². The van der Waals surface area contributed by atoms with Crippen molar-refractivity contribution in [2.45, 2.75) is 62.4 Å². The molecule has 0 aromatic heterocycles. The third-order valence-electron chi connectivity index (χ3n) is 7.53. The Bertz CT molecular complexity index is 583. The fourth-order valence-corrected chi connectivity index (χ4v) is 23.2. The lowest BCUT2D eigenvalue weighted by Gasteiger charge is -2.60. The van der Waals surface area contributed by atoms with Gasteiger partial charge in [0, 0.05) is 130 Å². The third kappa shape index (κ3) is 7.15. The van der Waals surface area contributed by atoms with Crippen molar-refractivity contribution < 1.29 is 8.23 Å². The third-order valence-corrected chi connectivity index (χ3v) is 21.7. The smallest absolute Gasteiger partial charge is 0.311 e. The molecular formula is C10H24B20O2Si3. The monoisotopic (exact) mass is 480 g/mol. The Morgan fingerprint density at radius 1 is 0.543 bits per heavy atom. The van der Waals surface area contributed by atoms with Crippen LogP contribution in [0.15, 0.2) is 0 Å². The first-order valence-electron chi connectivity index (χ1n) is 11.9. The van der Waals surface area contributed by atoms with E-state index in [9.17, 15) is 0 Å². The highest BCUT2D eigenvalue weighted by Crippen LogP contribution is 2.47. The van der Waals surface area contributed by atoms with Crippen LogP contribution < -0.4 is 0 Å². The minimum Gasteiger partial charge on any atom is -0.438 e. The quantitative estimate of drug-likeness (QED) is 0.213. The molecule has 0 aliphatic rings. The minimum atomic E-state index is -2.98. The number of hydrogen-bond donors (Lipinski definition) is 0. The van der Waals surface area contributed by atoms with Crippen LogP contribution in [0.3, 0.4) is 0 Å². The van der Waals surface area contributed by atoms with E-state index >= 15 is 0 Å². The van der Waals surface area contributed by atoms with E-state index in [-0.39, 0.29) is 0 Å². The van der Waals surface area contributed by atoms with Gasteiger partial charge in [0.15, 0.2) is 16.6 Å². The van der Waals surface area contributed by atoms with E-state index in [4.69, 9.17) is 85.6 Å². The normalized spacial score (nSPS) is 15.5. The second kappa shape index (κ2) is 14.0. The molecule has 35 heavy (non-hydrogen) atoms. The van der Waals surface area contributed by atoms with Crippen molar-refractivity contribution in [1.29, 1.82) is 0 Å². The molecule has 2 unspecified atom stereocenters. The van der Waals surface area contributed by atoms with Crippen LogP contribution in [0.5, 0.6) is 0 Å². The summed E-state index contributed by atoms with van der Waals surface area (Å²) in [6, 6.07) is 0. The van der Waals surface area contributed by atoms with Gasteiger partial charge in [-0.2, -0.15) is 0 Å². The second-order valence-corrected chi connectivity index (χ2v) is 22.9. The van der Waals surface area contributed by atoms with E-state index in [1.54, 1.807) is 0 Å². The average Bonchev–Trinajstić information content (AvgIpc) is 2.70. The predicted molar refractivity (Wildman–Crippen MR) is 187 cm³/mol. The van der Waals surface area contributed by atoms with Crippen molar-refractivity contribution in [1.82, 2.24) is 0 Å². The van der Waals surface area contributed by atoms with E-state index < -0.39 is 73.6 Å². The standard InChI is InChI=1S/C10H24B20O2Si3/c1-21-27(17)9(25(13)14,29(19)23-11)33(3,4)31-35(7,8)32-34(5,6)10(26(15)16,28(18)22-2)30(20)24-12/h1-8H3. The number of hydrogen-bond acceptors (Lipinski definition) is 2. The molecule has 25 heteroatoms. The molecule has 0 heterocycles. The highest BCUT2D eigenvalue weighted by atomic mass is 28.5. The van der Waals surface area contributed by atoms with E-state index in [2.05, 4.69) is 0 Å². The summed E-state index contributed by atoms with van der Waals surface area (Å²) in [5.41, 5.74) is 0. The van der Waals surface area contributed by atoms with Gasteiger partial charge in [0.2, 0.25) is 0 Å². The fraction of sp³-hybridized carbons (Fsp3) is 1.00. The lowest BCUT2D eigenvalue weighted by Crippen LogP contribution is -2.76. The molecule has 0 rings (SSSR count). The molecular weight excluding hydrogens is 453 g/mol. The highest BCUT2D eigenvalue weighted by molar-refractivity contribution is 7.66. The zero-order valence-corrected chi connectivity index (χ0v) is 25.9. The molecule has 0 saturated heterocycles. The Hall–Kier alpha value is 1.87. The van der Waals surface area contributed by atoms with E-state index in [1.165, 1.54) is 14.1 Å². The molecule has 0 amide bonds. The molecule has 0 aliphatic heterocycles. The maximum atomic E-state index is 6.90. The maximum Gasteiger partial charge on any atom is 0.311 e. The van der Waals surface area contributed by atoms with Gasteiger partial charge in [-0.05, 0) is 39.3 Å². The molecule has 2 nitrogen and oxygen atoms in total. The summed E-state index contributed by atoms with van der Waals surface area (Å²) >= 11 is 0. The van der Waals surface area contributed by atoms with E-state index in [0.29, 0.717) is 0 Å². The Kier molecular flexibility index (Phi) is 14.7. The SMILES string of the molecule is [B][B]B([B])C(B([B])[B])(B([B])[B]C)[Si](C)(C)O[Si](C)(C)O[Si](C)(C)C(B([B])[B])(B([B])[B][B])B([B])[B]C. The summed E-state index contributed by atoms with van der Waals surface area (Å²) in [4.78, 5) is 0. The lowest BCUT2D eigenvalue weighted by molar-refractivity contribution is 0.387. The summed E-state index contributed by atoms with van der Waals surface area (Å²) in [6.45, 7) is 11.1. The fourth-order valence-electron chi connectivity index (χ4n) is 6.04. The molecule has 0 spiro atoms. The van der Waals surface area contributed by atoms with Crippen molar-refractivity contribution in [3.8, 4) is 0 Å². The summed E-state index contributed by atoms with van der Waals surface area (Å²) in [5.74, 6) is 0. The summed E-state index contributed by atoms with van der Waals surface area (Å²) in [7, 11) is 60.8. The Morgan fingerprint density at radius 3 is 0.971 bits per heavy atom. The molecule has 0 aromatic carbocycles. The largest absolute Gasteiger partial charge is 0.438 e. The Morgan fingerprint density at radius 2 is 0.800 bits per heavy atom.